The van der Waals surface area contributed by atoms with E-state index in [0.29, 0.717) is 49.1 Å². The first-order chi connectivity index (χ1) is 21.6. The highest BCUT2D eigenvalue weighted by Gasteiger charge is 2.49. The molecule has 2 bridgehead atoms. The van der Waals surface area contributed by atoms with Gasteiger partial charge in [-0.05, 0) is 85.7 Å². The third-order valence-electron chi connectivity index (χ3n) is 10.6. The fourth-order valence-electron chi connectivity index (χ4n) is 8.65. The van der Waals surface area contributed by atoms with Crippen LogP contribution in [-0.4, -0.2) is 76.1 Å². The molecule has 1 aromatic heterocycles. The van der Waals surface area contributed by atoms with E-state index in [1.807, 2.05) is 25.1 Å². The smallest absolute Gasteiger partial charge is 0.319 e. The molecular weight excluding hydrogens is 579 g/mol. The topological polar surface area (TPSA) is 73.8 Å². The summed E-state index contributed by atoms with van der Waals surface area (Å²) in [5.41, 5.74) is 0.339. The summed E-state index contributed by atoms with van der Waals surface area (Å²) in [5.74, 6) is -1.22. The van der Waals surface area contributed by atoms with E-state index in [4.69, 9.17) is 9.72 Å². The number of phenolic OH excluding ortho intramolecular Hbond substituents is 1. The summed E-state index contributed by atoms with van der Waals surface area (Å²) >= 11 is 0. The highest BCUT2D eigenvalue weighted by atomic mass is 19.1. The van der Waals surface area contributed by atoms with E-state index in [1.165, 1.54) is 12.1 Å². The van der Waals surface area contributed by atoms with Crippen LogP contribution >= 0.6 is 0 Å². The summed E-state index contributed by atoms with van der Waals surface area (Å²) in [6.07, 6.45) is 3.93. The molecular formula is C35H38F3N5O2. The Morgan fingerprint density at radius 2 is 2.00 bits per heavy atom. The third-order valence-corrected chi connectivity index (χ3v) is 10.6. The van der Waals surface area contributed by atoms with Gasteiger partial charge in [0.25, 0.3) is 0 Å². The number of alkyl halides is 1. The molecule has 4 aromatic rings. The number of benzene rings is 3. The Bertz CT molecular complexity index is 1840. The standard InChI is InChI=1S/C35H38F3N5O2/c1-3-20-6-4-7-21-12-24(44)13-25(28(20)21)29-27(37)14-26-31(30(29)38)39-33(45-19-35-9-5-11-43(35)16-22(36)15-35)40-32(26)42-17-23-8-10-34(2,18-42)41-23/h4,6-7,12-14,22-23,41,44H,3,5,8-11,15-19H2,1-2H3/t22-,23-,34+,35+/m1/s1. The Morgan fingerprint density at radius 3 is 2.82 bits per heavy atom. The first kappa shape index (κ1) is 28.8. The van der Waals surface area contributed by atoms with Gasteiger partial charge in [-0.2, -0.15) is 9.97 Å². The molecule has 8 rings (SSSR count). The van der Waals surface area contributed by atoms with Gasteiger partial charge in [-0.3, -0.25) is 4.90 Å². The molecule has 4 aliphatic rings. The highest BCUT2D eigenvalue weighted by molar-refractivity contribution is 6.03. The van der Waals surface area contributed by atoms with Crippen molar-refractivity contribution in [2.75, 3.05) is 37.7 Å². The van der Waals surface area contributed by atoms with Crippen LogP contribution in [0.1, 0.15) is 51.5 Å². The van der Waals surface area contributed by atoms with Gasteiger partial charge < -0.3 is 20.1 Å². The minimum Gasteiger partial charge on any atom is -0.508 e. The molecule has 4 aliphatic heterocycles. The third kappa shape index (κ3) is 4.71. The van der Waals surface area contributed by atoms with Crippen molar-refractivity contribution in [1.29, 1.82) is 0 Å². The molecule has 3 aromatic carbocycles. The van der Waals surface area contributed by atoms with Crippen molar-refractivity contribution in [2.45, 2.75) is 75.7 Å². The fourth-order valence-corrected chi connectivity index (χ4v) is 8.65. The van der Waals surface area contributed by atoms with Crippen molar-refractivity contribution in [1.82, 2.24) is 20.2 Å². The number of fused-ring (bicyclic) bond motifs is 5. The lowest BCUT2D eigenvalue weighted by Gasteiger charge is -2.40. The Labute approximate surface area is 260 Å². The zero-order valence-electron chi connectivity index (χ0n) is 25.7. The van der Waals surface area contributed by atoms with Gasteiger partial charge in [-0.1, -0.05) is 25.1 Å². The van der Waals surface area contributed by atoms with Crippen LogP contribution in [0.4, 0.5) is 19.0 Å². The second-order valence-corrected chi connectivity index (χ2v) is 13.8. The zero-order valence-corrected chi connectivity index (χ0v) is 25.7. The van der Waals surface area contributed by atoms with Gasteiger partial charge in [0.05, 0.1) is 11.1 Å². The number of aromatic nitrogens is 2. The number of piperazine rings is 1. The summed E-state index contributed by atoms with van der Waals surface area (Å²) in [7, 11) is 0. The van der Waals surface area contributed by atoms with Gasteiger partial charge >= 0.3 is 6.01 Å². The molecule has 10 heteroatoms. The molecule has 0 aliphatic carbocycles. The van der Waals surface area contributed by atoms with Gasteiger partial charge in [0.2, 0.25) is 0 Å². The van der Waals surface area contributed by atoms with Gasteiger partial charge in [-0.15, -0.1) is 0 Å². The predicted octanol–water partition coefficient (Wildman–Crippen LogP) is 6.28. The summed E-state index contributed by atoms with van der Waals surface area (Å²) < 4.78 is 54.0. The average molecular weight is 618 g/mol. The number of aryl methyl sites for hydroxylation is 1. The Kier molecular flexibility index (Phi) is 6.69. The number of nitrogens with one attached hydrogen (secondary N) is 1. The number of anilines is 1. The average Bonchev–Trinajstić information content (AvgIpc) is 3.63. The van der Waals surface area contributed by atoms with Crippen LogP contribution in [0.15, 0.2) is 36.4 Å². The van der Waals surface area contributed by atoms with Crippen LogP contribution in [0.3, 0.4) is 0 Å². The molecule has 0 amide bonds. The minimum atomic E-state index is -0.910. The monoisotopic (exact) mass is 617 g/mol. The first-order valence-corrected chi connectivity index (χ1v) is 16.1. The molecule has 4 fully saturated rings. The van der Waals surface area contributed by atoms with Crippen molar-refractivity contribution in [3.8, 4) is 22.9 Å². The second kappa shape index (κ2) is 10.5. The van der Waals surface area contributed by atoms with Crippen LogP contribution in [0.2, 0.25) is 0 Å². The van der Waals surface area contributed by atoms with E-state index in [9.17, 15) is 9.50 Å². The number of aromatic hydroxyl groups is 1. The van der Waals surface area contributed by atoms with Crippen molar-refractivity contribution >= 4 is 27.5 Å². The number of ether oxygens (including phenoxy) is 1. The van der Waals surface area contributed by atoms with Gasteiger partial charge in [0, 0.05) is 43.0 Å². The van der Waals surface area contributed by atoms with Crippen molar-refractivity contribution in [3.05, 3.63) is 53.6 Å². The Morgan fingerprint density at radius 1 is 1.13 bits per heavy atom. The zero-order chi connectivity index (χ0) is 31.1. The van der Waals surface area contributed by atoms with E-state index < -0.39 is 23.3 Å². The van der Waals surface area contributed by atoms with Gasteiger partial charge in [0.1, 0.15) is 35.7 Å². The molecule has 4 saturated heterocycles. The predicted molar refractivity (Wildman–Crippen MR) is 169 cm³/mol. The Balaban J connectivity index is 1.30. The largest absolute Gasteiger partial charge is 0.508 e. The van der Waals surface area contributed by atoms with E-state index in [-0.39, 0.29) is 52.0 Å². The maximum absolute atomic E-state index is 16.9. The molecule has 236 valence electrons. The molecule has 45 heavy (non-hydrogen) atoms. The van der Waals surface area contributed by atoms with Crippen molar-refractivity contribution in [3.63, 3.8) is 0 Å². The SMILES string of the molecule is CCc1cccc2cc(O)cc(-c3c(F)cc4c(N5C[C@H]6CC[C@@](C)(C5)N6)nc(OC[C@@]56CCCN5C[C@H](F)C6)nc4c3F)c12. The van der Waals surface area contributed by atoms with E-state index in [0.717, 1.165) is 37.8 Å². The van der Waals surface area contributed by atoms with E-state index in [1.54, 1.807) is 6.07 Å². The van der Waals surface area contributed by atoms with E-state index >= 15 is 8.78 Å². The number of rotatable bonds is 6. The molecule has 5 heterocycles. The van der Waals surface area contributed by atoms with Gasteiger partial charge in [-0.25, -0.2) is 13.2 Å². The quantitative estimate of drug-likeness (QED) is 0.264. The molecule has 2 N–H and O–H groups in total. The number of phenols is 1. The number of halogens is 3. The van der Waals surface area contributed by atoms with Crippen molar-refractivity contribution < 1.29 is 23.0 Å². The van der Waals surface area contributed by atoms with Crippen LogP contribution in [0.25, 0.3) is 32.8 Å². The second-order valence-electron chi connectivity index (χ2n) is 13.8. The highest BCUT2D eigenvalue weighted by Crippen LogP contribution is 2.43. The summed E-state index contributed by atoms with van der Waals surface area (Å²) in [4.78, 5) is 13.6. The van der Waals surface area contributed by atoms with Gasteiger partial charge in [0.15, 0.2) is 5.82 Å². The normalized spacial score (nSPS) is 28.0. The maximum Gasteiger partial charge on any atom is 0.319 e. The van der Waals surface area contributed by atoms with Crippen LogP contribution in [0.5, 0.6) is 11.8 Å². The van der Waals surface area contributed by atoms with Crippen LogP contribution < -0.4 is 15.0 Å². The molecule has 0 radical (unpaired) electrons. The lowest BCUT2D eigenvalue weighted by molar-refractivity contribution is 0.107. The van der Waals surface area contributed by atoms with Crippen LogP contribution in [-0.2, 0) is 6.42 Å². The Hall–Kier alpha value is -3.63. The lowest BCUT2D eigenvalue weighted by Crippen LogP contribution is -2.58. The van der Waals surface area contributed by atoms with Crippen LogP contribution in [0, 0.1) is 11.6 Å². The summed E-state index contributed by atoms with van der Waals surface area (Å²) in [6, 6.07) is 10.2. The molecule has 4 atom stereocenters. The fraction of sp³-hybridized carbons (Fsp3) is 0.486. The van der Waals surface area contributed by atoms with Crippen molar-refractivity contribution in [2.24, 2.45) is 0 Å². The molecule has 7 nitrogen and oxygen atoms in total. The molecule has 0 unspecified atom stereocenters. The minimum absolute atomic E-state index is 0.00328. The molecule has 0 saturated carbocycles. The number of nitrogens with zero attached hydrogens (tertiary/aromatic N) is 4. The first-order valence-electron chi connectivity index (χ1n) is 16.1. The summed E-state index contributed by atoms with van der Waals surface area (Å²) in [5, 5.41) is 15.9. The summed E-state index contributed by atoms with van der Waals surface area (Å²) in [6.45, 7) is 6.84. The lowest BCUT2D eigenvalue weighted by atomic mass is 9.92. The number of hydrogen-bond donors (Lipinski definition) is 2. The maximum atomic E-state index is 16.9. The molecule has 0 spiro atoms. The number of hydrogen-bond acceptors (Lipinski definition) is 7. The van der Waals surface area contributed by atoms with E-state index in [2.05, 4.69) is 27.0 Å².